The molecule has 2 aromatic heterocycles. The topological polar surface area (TPSA) is 80.5 Å². The first-order chi connectivity index (χ1) is 15.0. The number of hydrogen-bond acceptors (Lipinski definition) is 4. The van der Waals surface area contributed by atoms with E-state index in [0.29, 0.717) is 34.1 Å². The lowest BCUT2D eigenvalue weighted by Crippen LogP contribution is -2.25. The third-order valence-corrected chi connectivity index (χ3v) is 5.21. The molecule has 9 heteroatoms. The average molecular weight is 437 g/mol. The number of nitrogens with one attached hydrogen (secondary N) is 2. The highest BCUT2D eigenvalue weighted by Crippen LogP contribution is 2.25. The molecule has 0 spiro atoms. The molecule has 7 nitrogen and oxygen atoms in total. The number of hydrogen-bond donors (Lipinski definition) is 2. The lowest BCUT2D eigenvalue weighted by molar-refractivity contribution is 0.0950. The number of H-pyrrole nitrogens is 1. The van der Waals surface area contributed by atoms with Crippen LogP contribution in [-0.2, 0) is 13.1 Å². The van der Waals surface area contributed by atoms with Gasteiger partial charge in [0.25, 0.3) is 5.91 Å². The monoisotopic (exact) mass is 436 g/mol. The van der Waals surface area contributed by atoms with E-state index in [1.54, 1.807) is 23.0 Å². The van der Waals surface area contributed by atoms with Crippen molar-refractivity contribution in [1.82, 2.24) is 29.9 Å². The molecule has 0 aliphatic rings. The standard InChI is InChI=1S/C22H21FN6OS/c1-3-28-19(25-26-22(28)31)12-24-21(30)18-13-29(17-9-7-16(23)8-10-17)27-20(18)15-6-4-5-14(2)11-15/h4-11,13H,3,12H2,1-2H3,(H,24,30)(H,26,31). The van der Waals surface area contributed by atoms with Crippen LogP contribution in [0.5, 0.6) is 0 Å². The summed E-state index contributed by atoms with van der Waals surface area (Å²) in [5.74, 6) is 0.0162. The Bertz CT molecular complexity index is 1290. The Balaban J connectivity index is 1.69. The van der Waals surface area contributed by atoms with Crippen LogP contribution in [-0.4, -0.2) is 30.5 Å². The number of aryl methyl sites for hydroxylation is 1. The Morgan fingerprint density at radius 1 is 1.23 bits per heavy atom. The van der Waals surface area contributed by atoms with E-state index in [1.807, 2.05) is 42.7 Å². The van der Waals surface area contributed by atoms with Crippen LogP contribution in [0.25, 0.3) is 16.9 Å². The molecule has 0 bridgehead atoms. The lowest BCUT2D eigenvalue weighted by Gasteiger charge is -2.07. The number of nitrogens with zero attached hydrogens (tertiary/aromatic N) is 4. The van der Waals surface area contributed by atoms with Crippen LogP contribution in [0, 0.1) is 17.5 Å². The minimum atomic E-state index is -0.336. The van der Waals surface area contributed by atoms with Crippen molar-refractivity contribution in [2.45, 2.75) is 26.9 Å². The predicted octanol–water partition coefficient (Wildman–Crippen LogP) is 4.19. The van der Waals surface area contributed by atoms with Crippen LogP contribution in [0.1, 0.15) is 28.7 Å². The summed E-state index contributed by atoms with van der Waals surface area (Å²) >= 11 is 5.20. The number of carbonyl (C=O) groups excluding carboxylic acids is 1. The maximum absolute atomic E-state index is 13.3. The van der Waals surface area contributed by atoms with Crippen LogP contribution in [0.3, 0.4) is 0 Å². The van der Waals surface area contributed by atoms with E-state index in [2.05, 4.69) is 20.6 Å². The summed E-state index contributed by atoms with van der Waals surface area (Å²) in [6.45, 7) is 4.80. The summed E-state index contributed by atoms with van der Waals surface area (Å²) < 4.78 is 17.2. The van der Waals surface area contributed by atoms with Gasteiger partial charge in [-0.2, -0.15) is 10.2 Å². The molecule has 2 heterocycles. The second-order valence-electron chi connectivity index (χ2n) is 7.05. The second-order valence-corrected chi connectivity index (χ2v) is 7.44. The first kappa shape index (κ1) is 20.7. The van der Waals surface area contributed by atoms with Crippen LogP contribution < -0.4 is 5.32 Å². The van der Waals surface area contributed by atoms with Crippen molar-refractivity contribution in [2.75, 3.05) is 0 Å². The molecular weight excluding hydrogens is 415 g/mol. The largest absolute Gasteiger partial charge is 0.345 e. The third-order valence-electron chi connectivity index (χ3n) is 4.90. The fourth-order valence-electron chi connectivity index (χ4n) is 3.34. The minimum absolute atomic E-state index is 0.217. The van der Waals surface area contributed by atoms with E-state index in [-0.39, 0.29) is 18.3 Å². The van der Waals surface area contributed by atoms with Crippen molar-refractivity contribution >= 4 is 18.1 Å². The van der Waals surface area contributed by atoms with Crippen molar-refractivity contribution in [2.24, 2.45) is 0 Å². The van der Waals surface area contributed by atoms with Crippen LogP contribution in [0.15, 0.2) is 54.7 Å². The van der Waals surface area contributed by atoms with Gasteiger partial charge in [-0.15, -0.1) is 0 Å². The molecule has 31 heavy (non-hydrogen) atoms. The van der Waals surface area contributed by atoms with Crippen molar-refractivity contribution in [1.29, 1.82) is 0 Å². The average Bonchev–Trinajstić information content (AvgIpc) is 3.36. The van der Waals surface area contributed by atoms with Gasteiger partial charge in [0.15, 0.2) is 10.6 Å². The zero-order valence-corrected chi connectivity index (χ0v) is 17.9. The molecule has 0 saturated heterocycles. The highest BCUT2D eigenvalue weighted by molar-refractivity contribution is 7.71. The van der Waals surface area contributed by atoms with Crippen LogP contribution in [0.4, 0.5) is 4.39 Å². The quantitative estimate of drug-likeness (QED) is 0.444. The highest BCUT2D eigenvalue weighted by atomic mass is 32.1. The Kier molecular flexibility index (Phi) is 5.77. The Morgan fingerprint density at radius 2 is 2.00 bits per heavy atom. The number of carbonyl (C=O) groups is 1. The first-order valence-corrected chi connectivity index (χ1v) is 10.2. The molecule has 2 aromatic carbocycles. The molecule has 1 amide bonds. The molecule has 0 saturated carbocycles. The number of amides is 1. The smallest absolute Gasteiger partial charge is 0.255 e. The number of benzene rings is 2. The molecule has 0 aliphatic heterocycles. The molecule has 158 valence electrons. The van der Waals surface area contributed by atoms with Crippen LogP contribution >= 0.6 is 12.2 Å². The maximum atomic E-state index is 13.3. The van der Waals surface area contributed by atoms with E-state index in [1.165, 1.54) is 12.1 Å². The van der Waals surface area contributed by atoms with E-state index >= 15 is 0 Å². The normalized spacial score (nSPS) is 10.9. The summed E-state index contributed by atoms with van der Waals surface area (Å²) in [5, 5.41) is 14.4. The van der Waals surface area contributed by atoms with Gasteiger partial charge in [0, 0.05) is 18.3 Å². The number of aromatic nitrogens is 5. The zero-order chi connectivity index (χ0) is 22.0. The summed E-state index contributed by atoms with van der Waals surface area (Å²) in [6.07, 6.45) is 1.65. The van der Waals surface area contributed by atoms with Gasteiger partial charge < -0.3 is 9.88 Å². The van der Waals surface area contributed by atoms with Gasteiger partial charge in [-0.1, -0.05) is 23.8 Å². The predicted molar refractivity (Wildman–Crippen MR) is 118 cm³/mol. The lowest BCUT2D eigenvalue weighted by atomic mass is 10.1. The summed E-state index contributed by atoms with van der Waals surface area (Å²) in [7, 11) is 0. The molecule has 0 atom stereocenters. The second kappa shape index (κ2) is 8.65. The van der Waals surface area contributed by atoms with Gasteiger partial charge in [0.2, 0.25) is 0 Å². The third kappa shape index (κ3) is 4.31. The van der Waals surface area contributed by atoms with Crippen molar-refractivity contribution in [3.05, 3.63) is 82.3 Å². The van der Waals surface area contributed by atoms with E-state index < -0.39 is 0 Å². The number of rotatable bonds is 6. The molecule has 0 unspecified atom stereocenters. The first-order valence-electron chi connectivity index (χ1n) is 9.81. The minimum Gasteiger partial charge on any atom is -0.345 e. The number of aromatic amines is 1. The summed E-state index contributed by atoms with van der Waals surface area (Å²) in [6, 6.07) is 13.7. The SMILES string of the molecule is CCn1c(CNC(=O)c2cn(-c3ccc(F)cc3)nc2-c2cccc(C)c2)n[nH]c1=S. The van der Waals surface area contributed by atoms with Crippen molar-refractivity contribution < 1.29 is 9.18 Å². The summed E-state index contributed by atoms with van der Waals surface area (Å²) in [4.78, 5) is 13.1. The van der Waals surface area contributed by atoms with E-state index in [9.17, 15) is 9.18 Å². The molecule has 4 rings (SSSR count). The Hall–Kier alpha value is -3.59. The van der Waals surface area contributed by atoms with E-state index in [4.69, 9.17) is 12.2 Å². The Labute approximate surface area is 183 Å². The maximum Gasteiger partial charge on any atom is 0.255 e. The highest BCUT2D eigenvalue weighted by Gasteiger charge is 2.19. The Morgan fingerprint density at radius 3 is 2.71 bits per heavy atom. The molecule has 0 radical (unpaired) electrons. The summed E-state index contributed by atoms with van der Waals surface area (Å²) in [5.41, 5.74) is 3.48. The molecule has 4 aromatic rings. The molecule has 2 N–H and O–H groups in total. The van der Waals surface area contributed by atoms with Gasteiger partial charge in [0.05, 0.1) is 17.8 Å². The fourth-order valence-corrected chi connectivity index (χ4v) is 3.62. The van der Waals surface area contributed by atoms with Gasteiger partial charge >= 0.3 is 0 Å². The van der Waals surface area contributed by atoms with Gasteiger partial charge in [-0.25, -0.2) is 9.07 Å². The van der Waals surface area contributed by atoms with Crippen molar-refractivity contribution in [3.8, 4) is 16.9 Å². The molecule has 0 aliphatic carbocycles. The van der Waals surface area contributed by atoms with Crippen molar-refractivity contribution in [3.63, 3.8) is 0 Å². The van der Waals surface area contributed by atoms with E-state index in [0.717, 1.165) is 11.1 Å². The molecule has 0 fully saturated rings. The van der Waals surface area contributed by atoms with Gasteiger partial charge in [-0.05, 0) is 56.4 Å². The van der Waals surface area contributed by atoms with Crippen LogP contribution in [0.2, 0.25) is 0 Å². The van der Waals surface area contributed by atoms with Gasteiger partial charge in [-0.3, -0.25) is 9.89 Å². The number of halogens is 1. The molecular formula is C22H21FN6OS. The van der Waals surface area contributed by atoms with Gasteiger partial charge in [0.1, 0.15) is 11.5 Å². The zero-order valence-electron chi connectivity index (χ0n) is 17.1. The fraction of sp³-hybridized carbons (Fsp3) is 0.182.